The van der Waals surface area contributed by atoms with Gasteiger partial charge in [0.15, 0.2) is 0 Å². The topological polar surface area (TPSA) is 154 Å². The number of aromatic nitrogens is 4. The molecule has 0 spiro atoms. The maximum Gasteiger partial charge on any atom is 0.329 e. The van der Waals surface area contributed by atoms with Crippen LogP contribution in [0.25, 0.3) is 33.2 Å². The minimum Gasteiger partial charge on any atom is -0.398 e. The number of nitrogen functional groups attached to an aromatic ring is 1. The van der Waals surface area contributed by atoms with E-state index < -0.39 is 11.2 Å². The molecule has 0 aliphatic carbocycles. The highest BCUT2D eigenvalue weighted by atomic mass is 16.3. The van der Waals surface area contributed by atoms with E-state index in [1.54, 1.807) is 22.8 Å². The Morgan fingerprint density at radius 3 is 2.74 bits per heavy atom. The molecule has 3 aromatic heterocycles. The molecule has 10 heteroatoms. The van der Waals surface area contributed by atoms with E-state index in [9.17, 15) is 14.7 Å². The lowest BCUT2D eigenvalue weighted by molar-refractivity contribution is 0.195. The van der Waals surface area contributed by atoms with Crippen molar-refractivity contribution in [3.8, 4) is 11.3 Å². The number of anilines is 1. The molecular weight excluding hydrogens is 446 g/mol. The predicted octanol–water partition coefficient (Wildman–Crippen LogP) is 2.02. The second kappa shape index (κ2) is 8.80. The Morgan fingerprint density at radius 2 is 2.03 bits per heavy atom. The Hall–Kier alpha value is -4.31. The Morgan fingerprint density at radius 1 is 1.26 bits per heavy atom. The summed E-state index contributed by atoms with van der Waals surface area (Å²) in [6, 6.07) is 8.77. The van der Waals surface area contributed by atoms with Gasteiger partial charge in [-0.1, -0.05) is 12.6 Å². The Bertz CT molecular complexity index is 1600. The quantitative estimate of drug-likeness (QED) is 0.197. The largest absolute Gasteiger partial charge is 0.398 e. The molecule has 0 atom stereocenters. The molecule has 0 unspecified atom stereocenters. The van der Waals surface area contributed by atoms with Crippen molar-refractivity contribution in [2.45, 2.75) is 18.9 Å². The molecule has 1 aliphatic rings. The fraction of sp³-hybridized carbons (Fsp3) is 0.240. The van der Waals surface area contributed by atoms with Crippen molar-refractivity contribution >= 4 is 33.8 Å². The second-order valence-electron chi connectivity index (χ2n) is 8.64. The summed E-state index contributed by atoms with van der Waals surface area (Å²) in [6.45, 7) is 5.05. The van der Waals surface area contributed by atoms with Crippen LogP contribution in [0, 0.1) is 5.41 Å². The Kier molecular flexibility index (Phi) is 5.65. The molecular formula is C25H25N7O3. The zero-order chi connectivity index (χ0) is 24.7. The van der Waals surface area contributed by atoms with Crippen molar-refractivity contribution in [1.29, 1.82) is 5.41 Å². The lowest BCUT2D eigenvalue weighted by Gasteiger charge is -2.35. The van der Waals surface area contributed by atoms with Crippen LogP contribution >= 0.6 is 0 Å². The summed E-state index contributed by atoms with van der Waals surface area (Å²) >= 11 is 0. The van der Waals surface area contributed by atoms with Gasteiger partial charge in [0, 0.05) is 54.1 Å². The summed E-state index contributed by atoms with van der Waals surface area (Å²) in [7, 11) is 0. The first-order chi connectivity index (χ1) is 16.9. The molecule has 0 radical (unpaired) electrons. The number of benzene rings is 1. The lowest BCUT2D eigenvalue weighted by Crippen LogP contribution is -2.40. The van der Waals surface area contributed by atoms with E-state index in [1.807, 2.05) is 17.0 Å². The number of aliphatic hydroxyl groups excluding tert-OH is 1. The zero-order valence-corrected chi connectivity index (χ0v) is 19.0. The first-order valence-electron chi connectivity index (χ1n) is 11.3. The second-order valence-corrected chi connectivity index (χ2v) is 8.64. The number of H-pyrrole nitrogens is 1. The van der Waals surface area contributed by atoms with Crippen molar-refractivity contribution in [3.63, 3.8) is 0 Å². The lowest BCUT2D eigenvalue weighted by atomic mass is 10.0. The normalized spacial score (nSPS) is 14.5. The average Bonchev–Trinajstić information content (AvgIpc) is 2.88. The maximum absolute atomic E-state index is 13.1. The van der Waals surface area contributed by atoms with Gasteiger partial charge in [0.1, 0.15) is 5.52 Å². The number of rotatable bonds is 5. The molecule has 10 nitrogen and oxygen atoms in total. The number of aliphatic hydroxyl groups is 1. The van der Waals surface area contributed by atoms with Gasteiger partial charge in [-0.2, -0.15) is 0 Å². The van der Waals surface area contributed by atoms with Crippen LogP contribution in [0.4, 0.5) is 5.69 Å². The van der Waals surface area contributed by atoms with Crippen LogP contribution < -0.4 is 17.0 Å². The number of nitrogens with two attached hydrogens (primary N) is 1. The molecule has 178 valence electrons. The summed E-state index contributed by atoms with van der Waals surface area (Å²) < 4.78 is 1.63. The molecule has 1 saturated heterocycles. The molecule has 1 aromatic carbocycles. The van der Waals surface area contributed by atoms with Gasteiger partial charge < -0.3 is 21.1 Å². The van der Waals surface area contributed by atoms with Crippen LogP contribution in [0.3, 0.4) is 0 Å². The third kappa shape index (κ3) is 3.87. The number of nitrogens with zero attached hydrogens (tertiary/aromatic N) is 4. The summed E-state index contributed by atoms with van der Waals surface area (Å²) in [5.74, 6) is 0. The minimum absolute atomic E-state index is 0.111. The van der Waals surface area contributed by atoms with Gasteiger partial charge in [-0.15, -0.1) is 0 Å². The molecule has 35 heavy (non-hydrogen) atoms. The SMILES string of the molecule is C=C(CO)N1CCC(n2c(=O)[nH]c(=O)c3cnc4ccc(-c5ccc(N)c(C=N)c5)nc4c32)CC1. The monoisotopic (exact) mass is 471 g/mol. The van der Waals surface area contributed by atoms with Gasteiger partial charge in [-0.3, -0.25) is 19.3 Å². The van der Waals surface area contributed by atoms with E-state index in [1.165, 1.54) is 12.4 Å². The minimum atomic E-state index is -0.507. The van der Waals surface area contributed by atoms with Crippen molar-refractivity contribution in [2.24, 2.45) is 0 Å². The third-order valence-corrected chi connectivity index (χ3v) is 6.61. The highest BCUT2D eigenvalue weighted by molar-refractivity contribution is 6.01. The van der Waals surface area contributed by atoms with Gasteiger partial charge in [0.25, 0.3) is 5.56 Å². The predicted molar refractivity (Wildman–Crippen MR) is 136 cm³/mol. The zero-order valence-electron chi connectivity index (χ0n) is 19.0. The van der Waals surface area contributed by atoms with Crippen LogP contribution in [-0.2, 0) is 0 Å². The van der Waals surface area contributed by atoms with Crippen LogP contribution in [0.15, 0.2) is 58.4 Å². The molecule has 0 bridgehead atoms. The number of fused-ring (bicyclic) bond motifs is 3. The summed E-state index contributed by atoms with van der Waals surface area (Å²) in [5.41, 5.74) is 9.50. The summed E-state index contributed by atoms with van der Waals surface area (Å²) in [4.78, 5) is 39.5. The van der Waals surface area contributed by atoms with Gasteiger partial charge in [0.2, 0.25) is 0 Å². The fourth-order valence-corrected chi connectivity index (χ4v) is 4.70. The third-order valence-electron chi connectivity index (χ3n) is 6.61. The van der Waals surface area contributed by atoms with Gasteiger partial charge in [-0.25, -0.2) is 9.78 Å². The number of pyridine rings is 2. The fourth-order valence-electron chi connectivity index (χ4n) is 4.70. The molecule has 1 fully saturated rings. The van der Waals surface area contributed by atoms with Crippen LogP contribution in [0.1, 0.15) is 24.4 Å². The number of likely N-dealkylation sites (tertiary alicyclic amines) is 1. The van der Waals surface area contributed by atoms with E-state index in [0.29, 0.717) is 70.5 Å². The highest BCUT2D eigenvalue weighted by Gasteiger charge is 2.25. The standard InChI is InChI=1S/C25H25N7O3/c1-14(13-33)31-8-6-17(7-9-31)32-23-18(24(34)30-25(32)35)12-28-21-5-4-20(29-22(21)23)15-2-3-19(27)16(10-15)11-26/h2-5,10-12,17,26,33H,1,6-9,13,27H2,(H,30,34,35). The molecule has 4 aromatic rings. The Balaban J connectivity index is 1.70. The molecule has 0 saturated carbocycles. The van der Waals surface area contributed by atoms with E-state index in [4.69, 9.17) is 16.1 Å². The number of nitrogens with one attached hydrogen (secondary N) is 2. The van der Waals surface area contributed by atoms with Gasteiger partial charge in [0.05, 0.1) is 28.7 Å². The molecule has 5 N–H and O–H groups in total. The number of piperidine rings is 1. The van der Waals surface area contributed by atoms with Crippen LogP contribution in [0.5, 0.6) is 0 Å². The number of hydrogen-bond acceptors (Lipinski definition) is 8. The molecule has 0 amide bonds. The first-order valence-corrected chi connectivity index (χ1v) is 11.3. The van der Waals surface area contributed by atoms with Gasteiger partial charge >= 0.3 is 5.69 Å². The van der Waals surface area contributed by atoms with E-state index in [0.717, 1.165) is 5.56 Å². The smallest absolute Gasteiger partial charge is 0.329 e. The van der Waals surface area contributed by atoms with E-state index >= 15 is 0 Å². The summed E-state index contributed by atoms with van der Waals surface area (Å²) in [5, 5.41) is 17.3. The van der Waals surface area contributed by atoms with Crippen molar-refractivity contribution in [1.82, 2.24) is 24.4 Å². The number of aromatic amines is 1. The van der Waals surface area contributed by atoms with Crippen molar-refractivity contribution in [3.05, 3.63) is 75.2 Å². The first kappa shape index (κ1) is 22.5. The van der Waals surface area contributed by atoms with Crippen molar-refractivity contribution in [2.75, 3.05) is 25.4 Å². The molecule has 5 rings (SSSR count). The summed E-state index contributed by atoms with van der Waals surface area (Å²) in [6.07, 6.45) is 3.95. The number of hydrogen-bond donors (Lipinski definition) is 4. The highest BCUT2D eigenvalue weighted by Crippen LogP contribution is 2.30. The van der Waals surface area contributed by atoms with Gasteiger partial charge in [-0.05, 0) is 37.1 Å². The van der Waals surface area contributed by atoms with E-state index in [-0.39, 0.29) is 12.6 Å². The van der Waals surface area contributed by atoms with Crippen molar-refractivity contribution < 1.29 is 5.11 Å². The Labute approximate surface area is 199 Å². The van der Waals surface area contributed by atoms with Crippen LogP contribution in [-0.4, -0.2) is 55.4 Å². The average molecular weight is 472 g/mol. The molecule has 4 heterocycles. The van der Waals surface area contributed by atoms with E-state index in [2.05, 4.69) is 16.5 Å². The van der Waals surface area contributed by atoms with Crippen LogP contribution in [0.2, 0.25) is 0 Å². The molecule has 1 aliphatic heterocycles. The maximum atomic E-state index is 13.1.